The highest BCUT2D eigenvalue weighted by molar-refractivity contribution is 5.85. The third kappa shape index (κ3) is 4.43. The van der Waals surface area contributed by atoms with E-state index in [9.17, 15) is 75.0 Å². The molecule has 1 aromatic carbocycles. The lowest BCUT2D eigenvalue weighted by Gasteiger charge is -2.42. The van der Waals surface area contributed by atoms with Gasteiger partial charge in [0.25, 0.3) is 5.91 Å². The van der Waals surface area contributed by atoms with Gasteiger partial charge < -0.3 is 5.32 Å². The van der Waals surface area contributed by atoms with Crippen molar-refractivity contribution in [2.45, 2.75) is 67.3 Å². The highest BCUT2D eigenvalue weighted by Gasteiger charge is 2.94. The first-order chi connectivity index (χ1) is 15.9. The van der Waals surface area contributed by atoms with Gasteiger partial charge in [-0.3, -0.25) is 4.79 Å². The van der Waals surface area contributed by atoms with Gasteiger partial charge in [0.05, 0.1) is 6.04 Å². The minimum atomic E-state index is -8.54. The molecule has 1 aromatic rings. The standard InChI is InChI=1S/C18H13F16NO/c1-2-9(8-6-4-3-5-7-8)35-11(36)13(23,24)15(27,28)17(31,32)18(33,34)16(29,30)14(25,26)12(21,22)10(19)20/h3-7,9-10H,2H2,1H3,(H,35,36). The molecule has 1 unspecified atom stereocenters. The maximum absolute atomic E-state index is 14.0. The van der Waals surface area contributed by atoms with Crippen LogP contribution >= 0.6 is 0 Å². The van der Waals surface area contributed by atoms with Gasteiger partial charge in [-0.15, -0.1) is 0 Å². The van der Waals surface area contributed by atoms with Crippen molar-refractivity contribution < 1.29 is 75.0 Å². The molecule has 0 aliphatic carbocycles. The Balaban J connectivity index is 3.51. The molecule has 1 rings (SSSR count). The van der Waals surface area contributed by atoms with Crippen LogP contribution in [0.3, 0.4) is 0 Å². The fourth-order valence-electron chi connectivity index (χ4n) is 2.63. The number of rotatable bonds is 11. The Labute approximate surface area is 190 Å². The Bertz CT molecular complexity index is 915. The van der Waals surface area contributed by atoms with Crippen LogP contribution in [0.25, 0.3) is 0 Å². The fraction of sp³-hybridized carbons (Fsp3) is 0.611. The average molecular weight is 563 g/mol. The maximum atomic E-state index is 14.0. The van der Waals surface area contributed by atoms with Gasteiger partial charge in [0, 0.05) is 0 Å². The molecule has 1 amide bonds. The van der Waals surface area contributed by atoms with Gasteiger partial charge in [-0.05, 0) is 12.0 Å². The summed E-state index contributed by atoms with van der Waals surface area (Å²) in [5.41, 5.74) is -0.120. The van der Waals surface area contributed by atoms with E-state index >= 15 is 0 Å². The Kier molecular flexibility index (Phi) is 8.31. The van der Waals surface area contributed by atoms with Gasteiger partial charge in [-0.2, -0.15) is 61.5 Å². The average Bonchev–Trinajstić information content (AvgIpc) is 2.76. The van der Waals surface area contributed by atoms with Crippen LogP contribution in [0.4, 0.5) is 70.2 Å². The lowest BCUT2D eigenvalue weighted by Crippen LogP contribution is -2.74. The molecule has 0 aromatic heterocycles. The number of benzene rings is 1. The molecular formula is C18H13F16NO. The second-order valence-corrected chi connectivity index (χ2v) is 7.22. The molecule has 1 atom stereocenters. The summed E-state index contributed by atoms with van der Waals surface area (Å²) in [6, 6.07) is 4.31. The summed E-state index contributed by atoms with van der Waals surface area (Å²) in [6.45, 7) is 1.13. The van der Waals surface area contributed by atoms with Crippen LogP contribution in [0, 0.1) is 0 Å². The van der Waals surface area contributed by atoms with E-state index in [4.69, 9.17) is 0 Å². The zero-order valence-electron chi connectivity index (χ0n) is 17.2. The van der Waals surface area contributed by atoms with Crippen LogP contribution in [0.15, 0.2) is 30.3 Å². The molecule has 0 saturated carbocycles. The van der Waals surface area contributed by atoms with Gasteiger partial charge in [0.2, 0.25) is 0 Å². The van der Waals surface area contributed by atoms with Crippen molar-refractivity contribution in [2.24, 2.45) is 0 Å². The zero-order chi connectivity index (χ0) is 28.8. The van der Waals surface area contributed by atoms with Crippen LogP contribution in [-0.2, 0) is 4.79 Å². The van der Waals surface area contributed by atoms with E-state index in [0.29, 0.717) is 0 Å². The summed E-state index contributed by atoms with van der Waals surface area (Å²) in [4.78, 5) is 11.6. The first kappa shape index (κ1) is 31.6. The summed E-state index contributed by atoms with van der Waals surface area (Å²) in [5, 5.41) is 1.06. The van der Waals surface area contributed by atoms with Crippen molar-refractivity contribution in [3.63, 3.8) is 0 Å². The normalized spacial score (nSPS) is 15.7. The molecule has 0 bridgehead atoms. The number of alkyl halides is 16. The lowest BCUT2D eigenvalue weighted by molar-refractivity contribution is -0.443. The number of hydrogen-bond donors (Lipinski definition) is 1. The van der Waals surface area contributed by atoms with Gasteiger partial charge >= 0.3 is 47.9 Å². The van der Waals surface area contributed by atoms with Crippen LogP contribution in [-0.4, -0.2) is 53.8 Å². The molecule has 0 aliphatic rings. The fourth-order valence-corrected chi connectivity index (χ4v) is 2.63. The molecule has 1 N–H and O–H groups in total. The molecule has 0 radical (unpaired) electrons. The minimum Gasteiger partial charge on any atom is -0.344 e. The highest BCUT2D eigenvalue weighted by atomic mass is 19.4. The molecule has 18 heteroatoms. The first-order valence-electron chi connectivity index (χ1n) is 9.18. The Morgan fingerprint density at radius 2 is 1.08 bits per heavy atom. The summed E-state index contributed by atoms with van der Waals surface area (Å²) < 4.78 is 214. The van der Waals surface area contributed by atoms with Gasteiger partial charge in [-0.25, -0.2) is 8.78 Å². The second kappa shape index (κ2) is 9.46. The number of nitrogens with one attached hydrogen (secondary N) is 1. The number of halogens is 16. The monoisotopic (exact) mass is 563 g/mol. The predicted octanol–water partition coefficient (Wildman–Crippen LogP) is 6.97. The number of amides is 1. The zero-order valence-corrected chi connectivity index (χ0v) is 17.2. The van der Waals surface area contributed by atoms with E-state index < -0.39 is 66.3 Å². The molecule has 0 saturated heterocycles. The highest BCUT2D eigenvalue weighted by Crippen LogP contribution is 2.62. The summed E-state index contributed by atoms with van der Waals surface area (Å²) >= 11 is 0. The van der Waals surface area contributed by atoms with E-state index in [0.717, 1.165) is 24.4 Å². The SMILES string of the molecule is CCC(NC(=O)C(F)(F)C(F)(F)C(F)(F)C(F)(F)C(F)(F)C(F)(F)C(F)(F)C(F)F)c1ccccc1. The van der Waals surface area contributed by atoms with Crippen LogP contribution in [0.2, 0.25) is 0 Å². The third-order valence-corrected chi connectivity index (χ3v) is 4.87. The van der Waals surface area contributed by atoms with E-state index in [1.807, 2.05) is 0 Å². The summed E-state index contributed by atoms with van der Waals surface area (Å²) in [7, 11) is 0. The molecule has 0 fully saturated rings. The van der Waals surface area contributed by atoms with Crippen LogP contribution in [0.1, 0.15) is 24.9 Å². The minimum absolute atomic E-state index is 0.120. The molecular weight excluding hydrogens is 550 g/mol. The number of hydrogen-bond acceptors (Lipinski definition) is 1. The second-order valence-electron chi connectivity index (χ2n) is 7.22. The maximum Gasteiger partial charge on any atom is 0.392 e. The largest absolute Gasteiger partial charge is 0.392 e. The van der Waals surface area contributed by atoms with Crippen molar-refractivity contribution in [1.82, 2.24) is 5.32 Å². The van der Waals surface area contributed by atoms with Crippen LogP contribution in [0.5, 0.6) is 0 Å². The molecule has 0 spiro atoms. The van der Waals surface area contributed by atoms with Crippen molar-refractivity contribution >= 4 is 5.91 Å². The van der Waals surface area contributed by atoms with E-state index in [2.05, 4.69) is 0 Å². The smallest absolute Gasteiger partial charge is 0.344 e. The molecule has 2 nitrogen and oxygen atoms in total. The van der Waals surface area contributed by atoms with E-state index in [1.165, 1.54) is 18.2 Å². The first-order valence-corrected chi connectivity index (χ1v) is 9.18. The van der Waals surface area contributed by atoms with E-state index in [1.54, 1.807) is 0 Å². The number of carbonyl (C=O) groups excluding carboxylic acids is 1. The Hall–Kier alpha value is -2.43. The van der Waals surface area contributed by atoms with Crippen molar-refractivity contribution in [3.8, 4) is 0 Å². The molecule has 36 heavy (non-hydrogen) atoms. The Morgan fingerprint density at radius 3 is 1.47 bits per heavy atom. The molecule has 0 aliphatic heterocycles. The van der Waals surface area contributed by atoms with Gasteiger partial charge in [0.15, 0.2) is 0 Å². The summed E-state index contributed by atoms with van der Waals surface area (Å²) in [6.07, 6.45) is -6.34. The van der Waals surface area contributed by atoms with Crippen LogP contribution < -0.4 is 5.32 Å². The molecule has 208 valence electrons. The van der Waals surface area contributed by atoms with Crippen molar-refractivity contribution in [1.29, 1.82) is 0 Å². The van der Waals surface area contributed by atoms with Gasteiger partial charge in [0.1, 0.15) is 0 Å². The molecule has 0 heterocycles. The van der Waals surface area contributed by atoms with Crippen molar-refractivity contribution in [3.05, 3.63) is 35.9 Å². The van der Waals surface area contributed by atoms with E-state index in [-0.39, 0.29) is 5.56 Å². The topological polar surface area (TPSA) is 29.1 Å². The Morgan fingerprint density at radius 1 is 0.694 bits per heavy atom. The van der Waals surface area contributed by atoms with Gasteiger partial charge in [-0.1, -0.05) is 37.3 Å². The lowest BCUT2D eigenvalue weighted by atomic mass is 9.89. The third-order valence-electron chi connectivity index (χ3n) is 4.87. The predicted molar refractivity (Wildman–Crippen MR) is 88.2 cm³/mol. The number of carbonyl (C=O) groups is 1. The quantitative estimate of drug-likeness (QED) is 0.290. The summed E-state index contributed by atoms with van der Waals surface area (Å²) in [5.74, 6) is -59.6. The van der Waals surface area contributed by atoms with Crippen molar-refractivity contribution in [2.75, 3.05) is 0 Å².